The molecule has 0 bridgehead atoms. The zero-order valence-corrected chi connectivity index (χ0v) is 20.7. The molecule has 2 rings (SSSR count). The van der Waals surface area contributed by atoms with Crippen LogP contribution in [0.1, 0.15) is 107 Å². The Morgan fingerprint density at radius 2 is 1.29 bits per heavy atom. The third kappa shape index (κ3) is 10.4. The summed E-state index contributed by atoms with van der Waals surface area (Å²) in [6, 6.07) is 10.5. The van der Waals surface area contributed by atoms with Gasteiger partial charge in [-0.15, -0.1) is 0 Å². The fourth-order valence-corrected chi connectivity index (χ4v) is 4.11. The van der Waals surface area contributed by atoms with Crippen LogP contribution in [0.25, 0.3) is 10.8 Å². The van der Waals surface area contributed by atoms with Crippen molar-refractivity contribution in [1.82, 2.24) is 10.9 Å². The smallest absolute Gasteiger partial charge is 0.426 e. The van der Waals surface area contributed by atoms with E-state index in [2.05, 4.69) is 17.8 Å². The molecule has 34 heavy (non-hydrogen) atoms. The summed E-state index contributed by atoms with van der Waals surface area (Å²) in [6.45, 7) is 2.58. The molecule has 188 valence electrons. The lowest BCUT2D eigenvalue weighted by atomic mass is 10.0. The van der Waals surface area contributed by atoms with Crippen LogP contribution in [0.4, 0.5) is 4.79 Å². The lowest BCUT2D eigenvalue weighted by Crippen LogP contribution is -2.42. The third-order valence-corrected chi connectivity index (χ3v) is 6.15. The average Bonchev–Trinajstić information content (AvgIpc) is 2.85. The Kier molecular flexibility index (Phi) is 13.6. The summed E-state index contributed by atoms with van der Waals surface area (Å²) in [6.07, 6.45) is 17.1. The summed E-state index contributed by atoms with van der Waals surface area (Å²) in [5.41, 5.74) is 4.61. The van der Waals surface area contributed by atoms with Gasteiger partial charge in [0, 0.05) is 5.39 Å². The molecular weight excluding hydrogens is 428 g/mol. The molecule has 6 nitrogen and oxygen atoms in total. The largest absolute Gasteiger partial charge is 0.506 e. The van der Waals surface area contributed by atoms with Crippen molar-refractivity contribution < 1.29 is 19.4 Å². The minimum absolute atomic E-state index is 0.0889. The van der Waals surface area contributed by atoms with E-state index in [1.807, 2.05) is 12.1 Å². The Bertz CT molecular complexity index is 869. The van der Waals surface area contributed by atoms with Crippen LogP contribution in [0.15, 0.2) is 36.4 Å². The van der Waals surface area contributed by atoms with Crippen molar-refractivity contribution in [2.45, 2.75) is 96.8 Å². The number of hydrazine groups is 1. The topological polar surface area (TPSA) is 87.7 Å². The standard InChI is InChI=1S/C28H42N2O4/c1-2-3-4-5-6-7-8-9-10-11-12-13-14-17-22-34-28(33)30-29-27(32)25-21-20-23-18-15-16-19-24(23)26(25)31/h15-16,18-21,31H,2-14,17,22H2,1H3,(H,29,32)(H,30,33). The van der Waals surface area contributed by atoms with Gasteiger partial charge in [0.15, 0.2) is 0 Å². The number of phenolic OH excluding ortho intramolecular Hbond substituents is 1. The molecule has 0 aliphatic rings. The Labute approximate surface area is 204 Å². The number of hydrogen-bond donors (Lipinski definition) is 3. The molecule has 0 heterocycles. The molecule has 2 aromatic carbocycles. The summed E-state index contributed by atoms with van der Waals surface area (Å²) in [5.74, 6) is -0.718. The zero-order valence-electron chi connectivity index (χ0n) is 20.7. The third-order valence-electron chi connectivity index (χ3n) is 6.15. The quantitative estimate of drug-likeness (QED) is 0.176. The molecule has 0 saturated heterocycles. The predicted octanol–water partition coefficient (Wildman–Crippen LogP) is 7.40. The van der Waals surface area contributed by atoms with E-state index in [-0.39, 0.29) is 11.3 Å². The fourth-order valence-electron chi connectivity index (χ4n) is 4.11. The first kappa shape index (κ1) is 27.5. The normalized spacial score (nSPS) is 10.9. The summed E-state index contributed by atoms with van der Waals surface area (Å²) in [5, 5.41) is 11.7. The molecule has 0 saturated carbocycles. The van der Waals surface area contributed by atoms with Crippen LogP contribution in [-0.4, -0.2) is 23.7 Å². The van der Waals surface area contributed by atoms with Gasteiger partial charge in [-0.2, -0.15) is 0 Å². The van der Waals surface area contributed by atoms with E-state index >= 15 is 0 Å². The van der Waals surface area contributed by atoms with Crippen molar-refractivity contribution in [3.8, 4) is 5.75 Å². The van der Waals surface area contributed by atoms with Gasteiger partial charge >= 0.3 is 6.09 Å². The van der Waals surface area contributed by atoms with Crippen molar-refractivity contribution in [3.63, 3.8) is 0 Å². The minimum atomic E-state index is -0.705. The van der Waals surface area contributed by atoms with Crippen LogP contribution < -0.4 is 10.9 Å². The van der Waals surface area contributed by atoms with Crippen LogP contribution in [-0.2, 0) is 4.74 Å². The van der Waals surface area contributed by atoms with Gasteiger partial charge in [0.2, 0.25) is 0 Å². The summed E-state index contributed by atoms with van der Waals surface area (Å²) in [4.78, 5) is 24.1. The number of phenols is 1. The van der Waals surface area contributed by atoms with E-state index in [9.17, 15) is 14.7 Å². The van der Waals surface area contributed by atoms with E-state index in [4.69, 9.17) is 4.74 Å². The molecule has 0 spiro atoms. The molecule has 2 amide bonds. The molecule has 0 aliphatic carbocycles. The Morgan fingerprint density at radius 1 is 0.735 bits per heavy atom. The van der Waals surface area contributed by atoms with Crippen molar-refractivity contribution in [1.29, 1.82) is 0 Å². The van der Waals surface area contributed by atoms with Gasteiger partial charge in [0.25, 0.3) is 5.91 Å². The molecule has 0 fully saturated rings. The van der Waals surface area contributed by atoms with Gasteiger partial charge in [0.1, 0.15) is 5.75 Å². The lowest BCUT2D eigenvalue weighted by Gasteiger charge is -2.10. The molecule has 0 atom stereocenters. The first-order valence-corrected chi connectivity index (χ1v) is 13.1. The first-order valence-electron chi connectivity index (χ1n) is 13.1. The van der Waals surface area contributed by atoms with E-state index in [0.29, 0.717) is 12.0 Å². The van der Waals surface area contributed by atoms with Crippen molar-refractivity contribution >= 4 is 22.8 Å². The SMILES string of the molecule is CCCCCCCCCCCCCCCCOC(=O)NNC(=O)c1ccc2ccccc2c1O. The second-order valence-electron chi connectivity index (χ2n) is 8.99. The predicted molar refractivity (Wildman–Crippen MR) is 138 cm³/mol. The molecule has 0 aromatic heterocycles. The van der Waals surface area contributed by atoms with E-state index in [1.54, 1.807) is 18.2 Å². The van der Waals surface area contributed by atoms with Gasteiger partial charge in [-0.1, -0.05) is 121 Å². The number of benzene rings is 2. The fraction of sp³-hybridized carbons (Fsp3) is 0.571. The highest BCUT2D eigenvalue weighted by Gasteiger charge is 2.14. The highest BCUT2D eigenvalue weighted by atomic mass is 16.6. The maximum atomic E-state index is 12.3. The summed E-state index contributed by atoms with van der Waals surface area (Å²) in [7, 11) is 0. The van der Waals surface area contributed by atoms with Crippen LogP contribution in [0.3, 0.4) is 0 Å². The minimum Gasteiger partial charge on any atom is -0.506 e. The number of carbonyl (C=O) groups excluding carboxylic acids is 2. The van der Waals surface area contributed by atoms with Crippen molar-refractivity contribution in [2.24, 2.45) is 0 Å². The number of nitrogens with one attached hydrogen (secondary N) is 2. The van der Waals surface area contributed by atoms with Crippen molar-refractivity contribution in [2.75, 3.05) is 6.61 Å². The highest BCUT2D eigenvalue weighted by molar-refractivity contribution is 6.03. The highest BCUT2D eigenvalue weighted by Crippen LogP contribution is 2.28. The van der Waals surface area contributed by atoms with E-state index in [1.165, 1.54) is 76.7 Å². The van der Waals surface area contributed by atoms with Crippen LogP contribution in [0.2, 0.25) is 0 Å². The van der Waals surface area contributed by atoms with Gasteiger partial charge in [0.05, 0.1) is 12.2 Å². The van der Waals surface area contributed by atoms with Gasteiger partial charge < -0.3 is 9.84 Å². The maximum absolute atomic E-state index is 12.3. The monoisotopic (exact) mass is 470 g/mol. The molecule has 3 N–H and O–H groups in total. The maximum Gasteiger partial charge on any atom is 0.426 e. The second kappa shape index (κ2) is 16.8. The summed E-state index contributed by atoms with van der Waals surface area (Å²) >= 11 is 0. The molecule has 0 aliphatic heterocycles. The number of fused-ring (bicyclic) bond motifs is 1. The number of carbonyl (C=O) groups is 2. The molecule has 0 unspecified atom stereocenters. The van der Waals surface area contributed by atoms with Crippen LogP contribution in [0.5, 0.6) is 5.75 Å². The second-order valence-corrected chi connectivity index (χ2v) is 8.99. The lowest BCUT2D eigenvalue weighted by molar-refractivity contribution is 0.0906. The zero-order chi connectivity index (χ0) is 24.4. The van der Waals surface area contributed by atoms with Crippen LogP contribution >= 0.6 is 0 Å². The molecular formula is C28H42N2O4. The number of amides is 2. The Hall–Kier alpha value is -2.76. The van der Waals surface area contributed by atoms with Gasteiger partial charge in [-0.25, -0.2) is 10.2 Å². The summed E-state index contributed by atoms with van der Waals surface area (Å²) < 4.78 is 5.11. The molecule has 6 heteroatoms. The molecule has 2 aromatic rings. The average molecular weight is 471 g/mol. The van der Waals surface area contributed by atoms with Gasteiger partial charge in [-0.3, -0.25) is 10.2 Å². The number of aromatic hydroxyl groups is 1. The number of hydrogen-bond acceptors (Lipinski definition) is 4. The Balaban J connectivity index is 1.45. The number of rotatable bonds is 16. The van der Waals surface area contributed by atoms with Gasteiger partial charge in [-0.05, 0) is 17.9 Å². The number of ether oxygens (including phenoxy) is 1. The molecule has 0 radical (unpaired) electrons. The number of unbranched alkanes of at least 4 members (excludes halogenated alkanes) is 13. The van der Waals surface area contributed by atoms with E-state index in [0.717, 1.165) is 24.6 Å². The first-order chi connectivity index (χ1) is 16.6. The van der Waals surface area contributed by atoms with Crippen LogP contribution in [0, 0.1) is 0 Å². The van der Waals surface area contributed by atoms with E-state index < -0.39 is 12.0 Å². The Morgan fingerprint density at radius 3 is 1.91 bits per heavy atom. The van der Waals surface area contributed by atoms with Crippen molar-refractivity contribution in [3.05, 3.63) is 42.0 Å².